The summed E-state index contributed by atoms with van der Waals surface area (Å²) in [5.74, 6) is 5.02. The van der Waals surface area contributed by atoms with Crippen LogP contribution in [0.25, 0.3) is 0 Å². The number of benzene rings is 2. The molecule has 0 saturated heterocycles. The Morgan fingerprint density at radius 1 is 0.844 bits per heavy atom. The van der Waals surface area contributed by atoms with E-state index in [2.05, 4.69) is 43.0 Å². The fraction of sp³-hybridized carbons (Fsp3) is 0.517. The second-order valence-electron chi connectivity index (χ2n) is 8.96. The number of halogens is 2. The van der Waals surface area contributed by atoms with Gasteiger partial charge in [-0.3, -0.25) is 0 Å². The molecule has 1 saturated carbocycles. The average Bonchev–Trinajstić information content (AvgIpc) is 2.82. The summed E-state index contributed by atoms with van der Waals surface area (Å²) >= 11 is 0. The molecule has 0 aromatic heterocycles. The SMILES string of the molecule is CCCCCc1ccc(C2CCC(C#Cc3ccc(OCCCC)c(F)c3F)CC2)cc1. The van der Waals surface area contributed by atoms with Crippen LogP contribution in [0.4, 0.5) is 8.78 Å². The molecule has 0 radical (unpaired) electrons. The van der Waals surface area contributed by atoms with Crippen molar-refractivity contribution in [3.05, 3.63) is 64.7 Å². The first-order valence-electron chi connectivity index (χ1n) is 12.3. The lowest BCUT2D eigenvalue weighted by molar-refractivity contribution is 0.288. The molecule has 1 aliphatic rings. The van der Waals surface area contributed by atoms with Gasteiger partial charge in [-0.25, -0.2) is 4.39 Å². The minimum Gasteiger partial charge on any atom is -0.490 e. The zero-order valence-electron chi connectivity index (χ0n) is 19.6. The van der Waals surface area contributed by atoms with Crippen molar-refractivity contribution in [1.29, 1.82) is 0 Å². The molecular weight excluding hydrogens is 402 g/mol. The maximum absolute atomic E-state index is 14.4. The van der Waals surface area contributed by atoms with E-state index in [1.54, 1.807) is 0 Å². The lowest BCUT2D eigenvalue weighted by atomic mass is 9.78. The number of rotatable bonds is 9. The van der Waals surface area contributed by atoms with Crippen molar-refractivity contribution >= 4 is 0 Å². The van der Waals surface area contributed by atoms with E-state index in [0.29, 0.717) is 12.5 Å². The molecule has 0 heterocycles. The highest BCUT2D eigenvalue weighted by atomic mass is 19.2. The van der Waals surface area contributed by atoms with Crippen LogP contribution in [0.5, 0.6) is 5.75 Å². The second-order valence-corrected chi connectivity index (χ2v) is 8.96. The third kappa shape index (κ3) is 6.83. The van der Waals surface area contributed by atoms with E-state index in [-0.39, 0.29) is 17.2 Å². The van der Waals surface area contributed by atoms with Gasteiger partial charge in [0.05, 0.1) is 12.2 Å². The Labute approximate surface area is 192 Å². The molecule has 0 aliphatic heterocycles. The van der Waals surface area contributed by atoms with Gasteiger partial charge in [-0.1, -0.05) is 69.2 Å². The zero-order chi connectivity index (χ0) is 22.8. The maximum atomic E-state index is 14.4. The van der Waals surface area contributed by atoms with Crippen LogP contribution in [0.1, 0.15) is 94.2 Å². The standard InChI is InChI=1S/C29H36F2O/c1-3-5-7-8-22-9-14-24(15-10-22)25-16-11-23(12-17-25)13-18-26-19-20-27(29(31)28(26)30)32-21-6-4-2/h9-10,14-15,19-20,23,25H,3-8,11-12,16-17,21H2,1-2H3. The minimum atomic E-state index is -0.935. The molecule has 0 atom stereocenters. The van der Waals surface area contributed by atoms with Crippen LogP contribution in [-0.2, 0) is 6.42 Å². The Balaban J connectivity index is 1.53. The molecule has 0 N–H and O–H groups in total. The summed E-state index contributed by atoms with van der Waals surface area (Å²) < 4.78 is 34.0. The number of hydrogen-bond acceptors (Lipinski definition) is 1. The van der Waals surface area contributed by atoms with Crippen molar-refractivity contribution in [2.24, 2.45) is 5.92 Å². The van der Waals surface area contributed by atoms with Crippen LogP contribution in [0, 0.1) is 29.4 Å². The monoisotopic (exact) mass is 438 g/mol. The number of unbranched alkanes of at least 4 members (excludes halogenated alkanes) is 3. The second kappa shape index (κ2) is 12.6. The van der Waals surface area contributed by atoms with Gasteiger partial charge in [-0.05, 0) is 74.1 Å². The quantitative estimate of drug-likeness (QED) is 0.283. The highest BCUT2D eigenvalue weighted by Gasteiger charge is 2.21. The summed E-state index contributed by atoms with van der Waals surface area (Å²) in [7, 11) is 0. The van der Waals surface area contributed by atoms with Crippen LogP contribution in [0.3, 0.4) is 0 Å². The molecule has 0 bridgehead atoms. The summed E-state index contributed by atoms with van der Waals surface area (Å²) in [5.41, 5.74) is 2.96. The van der Waals surface area contributed by atoms with Crippen LogP contribution < -0.4 is 4.74 Å². The number of hydrogen-bond donors (Lipinski definition) is 0. The van der Waals surface area contributed by atoms with Gasteiger partial charge < -0.3 is 4.74 Å². The Hall–Kier alpha value is -2.34. The van der Waals surface area contributed by atoms with Crippen LogP contribution in [-0.4, -0.2) is 6.61 Å². The molecule has 1 aliphatic carbocycles. The molecule has 3 heteroatoms. The van der Waals surface area contributed by atoms with E-state index in [1.165, 1.54) is 48.9 Å². The van der Waals surface area contributed by atoms with Gasteiger partial charge in [0.2, 0.25) is 5.82 Å². The van der Waals surface area contributed by atoms with Gasteiger partial charge in [0.25, 0.3) is 0 Å². The summed E-state index contributed by atoms with van der Waals surface area (Å²) in [6.07, 6.45) is 10.9. The summed E-state index contributed by atoms with van der Waals surface area (Å²) in [5, 5.41) is 0. The molecule has 0 amide bonds. The van der Waals surface area contributed by atoms with Crippen molar-refractivity contribution in [2.45, 2.75) is 84.0 Å². The molecule has 0 spiro atoms. The Morgan fingerprint density at radius 2 is 1.56 bits per heavy atom. The summed E-state index contributed by atoms with van der Waals surface area (Å²) in [6, 6.07) is 12.2. The first-order valence-corrected chi connectivity index (χ1v) is 12.3. The smallest absolute Gasteiger partial charge is 0.201 e. The molecular formula is C29H36F2O. The van der Waals surface area contributed by atoms with Crippen LogP contribution >= 0.6 is 0 Å². The molecule has 1 nitrogen and oxygen atoms in total. The average molecular weight is 439 g/mol. The number of ether oxygens (including phenoxy) is 1. The molecule has 2 aromatic carbocycles. The highest BCUT2D eigenvalue weighted by molar-refractivity contribution is 5.41. The van der Waals surface area contributed by atoms with E-state index in [0.717, 1.165) is 38.5 Å². The van der Waals surface area contributed by atoms with Crippen LogP contribution in [0.15, 0.2) is 36.4 Å². The first kappa shape index (κ1) is 24.3. The lowest BCUT2D eigenvalue weighted by Crippen LogP contribution is -2.12. The first-order chi connectivity index (χ1) is 15.6. The molecule has 32 heavy (non-hydrogen) atoms. The van der Waals surface area contributed by atoms with Gasteiger partial charge >= 0.3 is 0 Å². The Kier molecular flexibility index (Phi) is 9.60. The Morgan fingerprint density at radius 3 is 2.25 bits per heavy atom. The normalized spacial score (nSPS) is 18.1. The third-order valence-corrected chi connectivity index (χ3v) is 6.46. The summed E-state index contributed by atoms with van der Waals surface area (Å²) in [6.45, 7) is 4.65. The van der Waals surface area contributed by atoms with E-state index in [1.807, 2.05) is 6.92 Å². The van der Waals surface area contributed by atoms with Crippen LogP contribution in [0.2, 0.25) is 0 Å². The van der Waals surface area contributed by atoms with Gasteiger partial charge in [-0.15, -0.1) is 0 Å². The zero-order valence-corrected chi connectivity index (χ0v) is 19.6. The largest absolute Gasteiger partial charge is 0.490 e. The molecule has 0 unspecified atom stereocenters. The Bertz CT molecular complexity index is 899. The predicted molar refractivity (Wildman–Crippen MR) is 128 cm³/mol. The van der Waals surface area contributed by atoms with Gasteiger partial charge in [-0.2, -0.15) is 4.39 Å². The molecule has 3 rings (SSSR count). The van der Waals surface area contributed by atoms with E-state index in [4.69, 9.17) is 4.74 Å². The fourth-order valence-electron chi connectivity index (χ4n) is 4.35. The van der Waals surface area contributed by atoms with Crippen molar-refractivity contribution in [2.75, 3.05) is 6.61 Å². The number of aryl methyl sites for hydroxylation is 1. The van der Waals surface area contributed by atoms with Gasteiger partial charge in [0.15, 0.2) is 11.6 Å². The van der Waals surface area contributed by atoms with E-state index >= 15 is 0 Å². The van der Waals surface area contributed by atoms with Crippen molar-refractivity contribution < 1.29 is 13.5 Å². The fourth-order valence-corrected chi connectivity index (χ4v) is 4.35. The van der Waals surface area contributed by atoms with Gasteiger partial charge in [0.1, 0.15) is 0 Å². The van der Waals surface area contributed by atoms with E-state index in [9.17, 15) is 8.78 Å². The van der Waals surface area contributed by atoms with Crippen molar-refractivity contribution in [3.63, 3.8) is 0 Å². The molecule has 172 valence electrons. The topological polar surface area (TPSA) is 9.23 Å². The third-order valence-electron chi connectivity index (χ3n) is 6.46. The van der Waals surface area contributed by atoms with Crippen molar-refractivity contribution in [1.82, 2.24) is 0 Å². The summed E-state index contributed by atoms with van der Waals surface area (Å²) in [4.78, 5) is 0. The van der Waals surface area contributed by atoms with Gasteiger partial charge in [0, 0.05) is 5.92 Å². The maximum Gasteiger partial charge on any atom is 0.201 e. The van der Waals surface area contributed by atoms with E-state index < -0.39 is 11.6 Å². The minimum absolute atomic E-state index is 0.0293. The highest BCUT2D eigenvalue weighted by Crippen LogP contribution is 2.35. The lowest BCUT2D eigenvalue weighted by Gasteiger charge is -2.26. The molecule has 1 fully saturated rings. The molecule has 2 aromatic rings. The van der Waals surface area contributed by atoms with Crippen molar-refractivity contribution in [3.8, 4) is 17.6 Å². The predicted octanol–water partition coefficient (Wildman–Crippen LogP) is 8.20.